The molecule has 1 aliphatic rings. The zero-order chi connectivity index (χ0) is 31.6. The molecule has 234 valence electrons. The lowest BCUT2D eigenvalue weighted by atomic mass is 9.95. The van der Waals surface area contributed by atoms with Crippen LogP contribution in [-0.2, 0) is 17.7 Å². The Hall–Kier alpha value is -3.99. The van der Waals surface area contributed by atoms with E-state index in [4.69, 9.17) is 4.74 Å². The normalized spacial score (nSPS) is 20.9. The molecule has 1 N–H and O–H groups in total. The Bertz CT molecular complexity index is 1790. The molecule has 0 radical (unpaired) electrons. The Balaban J connectivity index is 1.09. The van der Waals surface area contributed by atoms with E-state index in [1.54, 1.807) is 24.0 Å². The predicted octanol–water partition coefficient (Wildman–Crippen LogP) is 6.07. The van der Waals surface area contributed by atoms with Crippen molar-refractivity contribution in [2.24, 2.45) is 5.92 Å². The van der Waals surface area contributed by atoms with Crippen LogP contribution in [0.25, 0.3) is 16.5 Å². The average molecular weight is 626 g/mol. The molecule has 1 saturated heterocycles. The third kappa shape index (κ3) is 6.68. The van der Waals surface area contributed by atoms with Gasteiger partial charge in [0.15, 0.2) is 0 Å². The number of benzene rings is 3. The Morgan fingerprint density at radius 3 is 2.44 bits per heavy atom. The summed E-state index contributed by atoms with van der Waals surface area (Å²) in [5, 5.41) is 24.5. The Kier molecular flexibility index (Phi) is 9.07. The third-order valence-corrected chi connectivity index (χ3v) is 11.7. The van der Waals surface area contributed by atoms with Gasteiger partial charge in [-0.3, -0.25) is 9.48 Å². The summed E-state index contributed by atoms with van der Waals surface area (Å²) < 4.78 is 25.5. The topological polar surface area (TPSA) is 95.1 Å². The van der Waals surface area contributed by atoms with E-state index in [1.807, 2.05) is 85.1 Å². The van der Waals surface area contributed by atoms with Crippen LogP contribution in [0.1, 0.15) is 42.5 Å². The quantitative estimate of drug-likeness (QED) is 0.141. The molecule has 5 aromatic rings. The molecule has 0 bridgehead atoms. The van der Waals surface area contributed by atoms with Crippen LogP contribution in [0.3, 0.4) is 0 Å². The summed E-state index contributed by atoms with van der Waals surface area (Å²) in [5.74, 6) is -0.139. The van der Waals surface area contributed by atoms with Crippen LogP contribution >= 0.6 is 0 Å². The van der Waals surface area contributed by atoms with Crippen LogP contribution in [0.4, 0.5) is 4.11 Å². The zero-order valence-corrected chi connectivity index (χ0v) is 27.0. The monoisotopic (exact) mass is 625 g/mol. The highest BCUT2D eigenvalue weighted by atomic mass is 28.4. The lowest BCUT2D eigenvalue weighted by molar-refractivity contribution is 0.0247. The van der Waals surface area contributed by atoms with E-state index in [2.05, 4.69) is 22.3 Å². The van der Waals surface area contributed by atoms with Gasteiger partial charge in [-0.05, 0) is 67.6 Å². The van der Waals surface area contributed by atoms with Crippen LogP contribution in [-0.4, -0.2) is 57.1 Å². The van der Waals surface area contributed by atoms with Gasteiger partial charge >= 0.3 is 0 Å². The summed E-state index contributed by atoms with van der Waals surface area (Å²) in [5.41, 5.74) is 3.29. The number of aryl methyl sites for hydroxylation is 2. The molecule has 1 unspecified atom stereocenters. The van der Waals surface area contributed by atoms with Crippen molar-refractivity contribution in [2.75, 3.05) is 6.61 Å². The predicted molar refractivity (Wildman–Crippen MR) is 176 cm³/mol. The number of aliphatic hydroxyl groups excluding tert-OH is 1. The first kappa shape index (κ1) is 31.0. The summed E-state index contributed by atoms with van der Waals surface area (Å²) in [6, 6.07) is 25.1. The van der Waals surface area contributed by atoms with Gasteiger partial charge in [-0.1, -0.05) is 72.8 Å². The molecule has 0 saturated carbocycles. The molecule has 1 aliphatic heterocycles. The standard InChI is InChI=1S/C35H40FN5O3Si/c1-24-32(18-15-25-13-16-28(17-14-25)41-35(43)29-12-8-7-11-27(29)21-37-41)44-33(34(24)45(2,3)36)19-20-40-22-31(38-39-40)30(23-42)26-9-5-4-6-10-26/h4-14,16-17,21-22,24,30,32-34,42H,15,18-20,23H2,1-3H3/t24-,30?,32+,33-,34+/m1/s1. The van der Waals surface area contributed by atoms with Gasteiger partial charge in [0.2, 0.25) is 8.41 Å². The van der Waals surface area contributed by atoms with Crippen molar-refractivity contribution in [3.63, 3.8) is 0 Å². The first-order valence-electron chi connectivity index (χ1n) is 15.7. The van der Waals surface area contributed by atoms with Crippen LogP contribution in [0.2, 0.25) is 18.6 Å². The second-order valence-corrected chi connectivity index (χ2v) is 16.5. The number of ether oxygens (including phenoxy) is 1. The van der Waals surface area contributed by atoms with E-state index in [0.29, 0.717) is 24.0 Å². The Morgan fingerprint density at radius 2 is 1.71 bits per heavy atom. The Labute approximate surface area is 263 Å². The largest absolute Gasteiger partial charge is 0.395 e. The fourth-order valence-electron chi connectivity index (χ4n) is 6.93. The van der Waals surface area contributed by atoms with Crippen molar-refractivity contribution in [3.05, 3.63) is 118 Å². The summed E-state index contributed by atoms with van der Waals surface area (Å²) >= 11 is 0. The summed E-state index contributed by atoms with van der Waals surface area (Å²) in [7, 11) is -3.01. The smallest absolute Gasteiger partial charge is 0.279 e. The maximum absolute atomic E-state index is 15.7. The molecular weight excluding hydrogens is 586 g/mol. The molecular formula is C35H40FN5O3Si. The minimum atomic E-state index is -3.01. The van der Waals surface area contributed by atoms with Crippen LogP contribution < -0.4 is 5.56 Å². The SMILES string of the molecule is C[C@H]1[C@H]([Si](C)(C)F)[C@@H](CCn2cc(C(CO)c3ccccc3)nn2)O[C@H]1CCc1ccc(-n2ncc3ccccc3c2=O)cc1. The summed E-state index contributed by atoms with van der Waals surface area (Å²) in [4.78, 5) is 13.0. The van der Waals surface area contributed by atoms with Crippen molar-refractivity contribution in [1.29, 1.82) is 0 Å². The minimum Gasteiger partial charge on any atom is -0.395 e. The van der Waals surface area contributed by atoms with E-state index < -0.39 is 8.41 Å². The lowest BCUT2D eigenvalue weighted by Crippen LogP contribution is -2.36. The van der Waals surface area contributed by atoms with Crippen molar-refractivity contribution >= 4 is 19.2 Å². The molecule has 45 heavy (non-hydrogen) atoms. The van der Waals surface area contributed by atoms with Gasteiger partial charge in [0.1, 0.15) is 0 Å². The zero-order valence-electron chi connectivity index (χ0n) is 26.0. The number of rotatable bonds is 11. The number of aromatic nitrogens is 5. The molecule has 0 spiro atoms. The van der Waals surface area contributed by atoms with Crippen LogP contribution in [0.15, 0.2) is 96.1 Å². The second-order valence-electron chi connectivity index (χ2n) is 12.7. The highest BCUT2D eigenvalue weighted by Gasteiger charge is 2.50. The molecule has 3 aromatic carbocycles. The molecule has 3 heterocycles. The molecule has 2 aromatic heterocycles. The van der Waals surface area contributed by atoms with E-state index in [0.717, 1.165) is 35.0 Å². The van der Waals surface area contributed by atoms with Crippen molar-refractivity contribution in [1.82, 2.24) is 24.8 Å². The molecule has 0 amide bonds. The number of nitrogens with zero attached hydrogens (tertiary/aromatic N) is 5. The van der Waals surface area contributed by atoms with Crippen LogP contribution in [0.5, 0.6) is 0 Å². The molecule has 5 atom stereocenters. The number of hydrogen-bond donors (Lipinski definition) is 1. The van der Waals surface area contributed by atoms with Crippen molar-refractivity contribution < 1.29 is 14.0 Å². The fraction of sp³-hybridized carbons (Fsp3) is 0.371. The number of hydrogen-bond acceptors (Lipinski definition) is 6. The molecule has 6 rings (SSSR count). The van der Waals surface area contributed by atoms with Gasteiger partial charge in [0.05, 0.1) is 47.7 Å². The highest BCUT2D eigenvalue weighted by Crippen LogP contribution is 2.47. The van der Waals surface area contributed by atoms with Gasteiger partial charge < -0.3 is 14.0 Å². The first-order chi connectivity index (χ1) is 21.7. The molecule has 10 heteroatoms. The number of fused-ring (bicyclic) bond motifs is 1. The molecule has 0 aliphatic carbocycles. The Morgan fingerprint density at radius 1 is 0.978 bits per heavy atom. The maximum Gasteiger partial charge on any atom is 0.279 e. The maximum atomic E-state index is 15.7. The van der Waals surface area contributed by atoms with E-state index in [9.17, 15) is 9.90 Å². The van der Waals surface area contributed by atoms with Crippen LogP contribution in [0, 0.1) is 5.92 Å². The second kappa shape index (κ2) is 13.2. The van der Waals surface area contributed by atoms with E-state index in [1.165, 1.54) is 4.68 Å². The summed E-state index contributed by atoms with van der Waals surface area (Å²) in [6.45, 7) is 6.21. The van der Waals surface area contributed by atoms with Gasteiger partial charge in [-0.2, -0.15) is 9.78 Å². The highest BCUT2D eigenvalue weighted by molar-refractivity contribution is 6.72. The van der Waals surface area contributed by atoms with E-state index >= 15 is 4.11 Å². The van der Waals surface area contributed by atoms with Gasteiger partial charge in [0, 0.05) is 23.7 Å². The summed E-state index contributed by atoms with van der Waals surface area (Å²) in [6.07, 6.45) is 5.57. The lowest BCUT2D eigenvalue weighted by Gasteiger charge is -2.28. The minimum absolute atomic E-state index is 0.0462. The number of halogens is 1. The van der Waals surface area contributed by atoms with Crippen molar-refractivity contribution in [3.8, 4) is 5.69 Å². The van der Waals surface area contributed by atoms with E-state index in [-0.39, 0.29) is 41.8 Å². The molecule has 1 fully saturated rings. The van der Waals surface area contributed by atoms with Gasteiger partial charge in [0.25, 0.3) is 5.56 Å². The first-order valence-corrected chi connectivity index (χ1v) is 18.6. The van der Waals surface area contributed by atoms with Gasteiger partial charge in [-0.15, -0.1) is 5.10 Å². The average Bonchev–Trinajstić information content (AvgIpc) is 3.64. The fourth-order valence-corrected chi connectivity index (χ4v) is 9.53. The number of aliphatic hydroxyl groups is 1. The van der Waals surface area contributed by atoms with Gasteiger partial charge in [-0.25, -0.2) is 0 Å². The van der Waals surface area contributed by atoms with Crippen molar-refractivity contribution in [2.45, 2.75) is 69.5 Å². The molecule has 8 nitrogen and oxygen atoms in total. The third-order valence-electron chi connectivity index (χ3n) is 9.23.